The number of alkyl halides is 3. The summed E-state index contributed by atoms with van der Waals surface area (Å²) in [5, 5.41) is 0. The molecule has 2 aromatic carbocycles. The van der Waals surface area contributed by atoms with Crippen LogP contribution >= 0.6 is 0 Å². The Morgan fingerprint density at radius 1 is 1.19 bits per heavy atom. The minimum Gasteiger partial charge on any atom is -0.397 e. The number of likely N-dealkylation sites (tertiary alicyclic amines) is 1. The van der Waals surface area contributed by atoms with Gasteiger partial charge in [-0.1, -0.05) is 12.1 Å². The standard InChI is InChI=1S/C20H22F4N6O/c21-15-6-5-11(9-14(15)20(22,23)24)16(10-30-7-2-8-30)28-19(29-27)13-4-1-3-12(17(13)25)18(26)31/h1,3-6,9,16H,2,7-8,10,25,27H2,(H2,26,31)(H,28,29). The number of anilines is 1. The van der Waals surface area contributed by atoms with E-state index in [4.69, 9.17) is 17.3 Å². The van der Waals surface area contributed by atoms with Crippen molar-refractivity contribution in [2.75, 3.05) is 25.4 Å². The van der Waals surface area contributed by atoms with Crippen LogP contribution in [-0.2, 0) is 6.18 Å². The Hall–Kier alpha value is -3.18. The second kappa shape index (κ2) is 8.90. The number of rotatable bonds is 6. The van der Waals surface area contributed by atoms with Crippen LogP contribution in [-0.4, -0.2) is 36.3 Å². The maximum absolute atomic E-state index is 13.8. The molecule has 2 aromatic rings. The lowest BCUT2D eigenvalue weighted by atomic mass is 10.0. The van der Waals surface area contributed by atoms with Crippen molar-refractivity contribution in [3.8, 4) is 0 Å². The summed E-state index contributed by atoms with van der Waals surface area (Å²) in [5.74, 6) is 3.57. The predicted octanol–water partition coefficient (Wildman–Crippen LogP) is 2.18. The lowest BCUT2D eigenvalue weighted by molar-refractivity contribution is -0.140. The Balaban J connectivity index is 2.08. The van der Waals surface area contributed by atoms with Gasteiger partial charge in [-0.25, -0.2) is 10.2 Å². The van der Waals surface area contributed by atoms with E-state index >= 15 is 0 Å². The highest BCUT2D eigenvalue weighted by Gasteiger charge is 2.35. The molecular formula is C20H22F4N6O. The Kier molecular flexibility index (Phi) is 6.46. The highest BCUT2D eigenvalue weighted by atomic mass is 19.4. The first kappa shape index (κ1) is 22.5. The molecule has 1 amide bonds. The Labute approximate surface area is 175 Å². The number of hydrazine groups is 1. The first-order valence-electron chi connectivity index (χ1n) is 9.44. The quantitative estimate of drug-likeness (QED) is 0.138. The van der Waals surface area contributed by atoms with Gasteiger partial charge in [-0.2, -0.15) is 13.2 Å². The van der Waals surface area contributed by atoms with E-state index in [0.29, 0.717) is 6.54 Å². The number of aliphatic imine (C=N–C) groups is 1. The third kappa shape index (κ3) is 4.94. The topological polar surface area (TPSA) is 123 Å². The number of carbonyl (C=O) groups excluding carboxylic acids is 1. The van der Waals surface area contributed by atoms with Crippen LogP contribution in [0.2, 0.25) is 0 Å². The van der Waals surface area contributed by atoms with Gasteiger partial charge in [0.2, 0.25) is 0 Å². The third-order valence-corrected chi connectivity index (χ3v) is 5.11. The number of hydrogen-bond donors (Lipinski definition) is 4. The largest absolute Gasteiger partial charge is 0.419 e. The van der Waals surface area contributed by atoms with Crippen molar-refractivity contribution >= 4 is 17.4 Å². The summed E-state index contributed by atoms with van der Waals surface area (Å²) in [4.78, 5) is 18.1. The van der Waals surface area contributed by atoms with Crippen LogP contribution < -0.4 is 22.7 Å². The minimum atomic E-state index is -4.85. The van der Waals surface area contributed by atoms with Crippen molar-refractivity contribution in [2.45, 2.75) is 18.6 Å². The molecule has 1 atom stereocenters. The van der Waals surface area contributed by atoms with Gasteiger partial charge in [0, 0.05) is 12.1 Å². The molecule has 0 bridgehead atoms. The molecular weight excluding hydrogens is 416 g/mol. The van der Waals surface area contributed by atoms with Crippen LogP contribution in [0.1, 0.15) is 39.5 Å². The molecule has 0 aromatic heterocycles. The Morgan fingerprint density at radius 3 is 2.42 bits per heavy atom. The number of benzene rings is 2. The summed E-state index contributed by atoms with van der Waals surface area (Å²) in [6.45, 7) is 1.83. The van der Waals surface area contributed by atoms with Crippen molar-refractivity contribution < 1.29 is 22.4 Å². The number of nitrogens with two attached hydrogens (primary N) is 3. The van der Waals surface area contributed by atoms with E-state index in [2.05, 4.69) is 10.4 Å². The number of para-hydroxylation sites is 1. The summed E-state index contributed by atoms with van der Waals surface area (Å²) in [7, 11) is 0. The Bertz CT molecular complexity index is 1000. The number of nitrogen functional groups attached to an aromatic ring is 1. The first-order chi connectivity index (χ1) is 14.6. The first-order valence-corrected chi connectivity index (χ1v) is 9.44. The van der Waals surface area contributed by atoms with Gasteiger partial charge in [-0.3, -0.25) is 9.79 Å². The monoisotopic (exact) mass is 438 g/mol. The average Bonchev–Trinajstić information content (AvgIpc) is 2.67. The van der Waals surface area contributed by atoms with Crippen LogP contribution in [0.5, 0.6) is 0 Å². The smallest absolute Gasteiger partial charge is 0.397 e. The molecule has 0 radical (unpaired) electrons. The maximum atomic E-state index is 13.8. The van der Waals surface area contributed by atoms with Gasteiger partial charge in [0.05, 0.1) is 22.9 Å². The van der Waals surface area contributed by atoms with Gasteiger partial charge in [0.1, 0.15) is 11.7 Å². The van der Waals surface area contributed by atoms with Crippen molar-refractivity contribution in [1.82, 2.24) is 10.3 Å². The number of nitrogens with one attached hydrogen (secondary N) is 1. The maximum Gasteiger partial charge on any atom is 0.419 e. The average molecular weight is 438 g/mol. The number of hydrogen-bond acceptors (Lipinski definition) is 5. The normalized spacial score (nSPS) is 16.0. The molecule has 31 heavy (non-hydrogen) atoms. The highest BCUT2D eigenvalue weighted by Crippen LogP contribution is 2.34. The number of nitrogens with zero attached hydrogens (tertiary/aromatic N) is 2. The summed E-state index contributed by atoms with van der Waals surface area (Å²) >= 11 is 0. The SMILES string of the molecule is NNC(=NC(CN1CCC1)c1ccc(F)c(C(F)(F)F)c1)c1cccc(C(N)=O)c1N. The van der Waals surface area contributed by atoms with Crippen molar-refractivity contribution in [3.63, 3.8) is 0 Å². The fourth-order valence-corrected chi connectivity index (χ4v) is 3.32. The zero-order valence-corrected chi connectivity index (χ0v) is 16.4. The van der Waals surface area contributed by atoms with Gasteiger partial charge < -0.3 is 21.8 Å². The molecule has 166 valence electrons. The molecule has 7 nitrogen and oxygen atoms in total. The zero-order chi connectivity index (χ0) is 22.8. The van der Waals surface area contributed by atoms with Crippen molar-refractivity contribution in [2.24, 2.45) is 16.6 Å². The molecule has 1 unspecified atom stereocenters. The van der Waals surface area contributed by atoms with Gasteiger partial charge >= 0.3 is 6.18 Å². The molecule has 1 heterocycles. The molecule has 0 saturated carbocycles. The van der Waals surface area contributed by atoms with E-state index in [0.717, 1.165) is 31.6 Å². The van der Waals surface area contributed by atoms with E-state index in [1.165, 1.54) is 18.2 Å². The van der Waals surface area contributed by atoms with Crippen LogP contribution in [0.4, 0.5) is 23.2 Å². The van der Waals surface area contributed by atoms with E-state index in [-0.39, 0.29) is 28.2 Å². The van der Waals surface area contributed by atoms with Crippen LogP contribution in [0, 0.1) is 5.82 Å². The second-order valence-corrected chi connectivity index (χ2v) is 7.16. The fourth-order valence-electron chi connectivity index (χ4n) is 3.32. The van der Waals surface area contributed by atoms with Crippen LogP contribution in [0.25, 0.3) is 0 Å². The van der Waals surface area contributed by atoms with Crippen molar-refractivity contribution in [3.05, 3.63) is 64.5 Å². The summed E-state index contributed by atoms with van der Waals surface area (Å²) in [6, 6.07) is 6.49. The number of halogens is 4. The van der Waals surface area contributed by atoms with Crippen molar-refractivity contribution in [1.29, 1.82) is 0 Å². The molecule has 1 fully saturated rings. The third-order valence-electron chi connectivity index (χ3n) is 5.11. The lowest BCUT2D eigenvalue weighted by Crippen LogP contribution is -2.40. The second-order valence-electron chi connectivity index (χ2n) is 7.16. The molecule has 0 spiro atoms. The number of carbonyl (C=O) groups is 1. The highest BCUT2D eigenvalue weighted by molar-refractivity contribution is 6.08. The van der Waals surface area contributed by atoms with E-state index in [1.807, 2.05) is 4.90 Å². The molecule has 1 aliphatic rings. The van der Waals surface area contributed by atoms with Crippen LogP contribution in [0.3, 0.4) is 0 Å². The molecule has 3 rings (SSSR count). The van der Waals surface area contributed by atoms with Gasteiger partial charge in [-0.15, -0.1) is 0 Å². The molecule has 1 saturated heterocycles. The number of amidine groups is 1. The predicted molar refractivity (Wildman–Crippen MR) is 108 cm³/mol. The van der Waals surface area contributed by atoms with Gasteiger partial charge in [0.15, 0.2) is 0 Å². The van der Waals surface area contributed by atoms with Gasteiger partial charge in [-0.05, 0) is 49.3 Å². The minimum absolute atomic E-state index is 0.0319. The molecule has 0 aliphatic carbocycles. The molecule has 1 aliphatic heterocycles. The summed E-state index contributed by atoms with van der Waals surface area (Å²) in [6.07, 6.45) is -3.89. The van der Waals surface area contributed by atoms with E-state index in [1.54, 1.807) is 6.07 Å². The van der Waals surface area contributed by atoms with E-state index in [9.17, 15) is 22.4 Å². The molecule has 11 heteroatoms. The lowest BCUT2D eigenvalue weighted by Gasteiger charge is -2.33. The van der Waals surface area contributed by atoms with Gasteiger partial charge in [0.25, 0.3) is 5.91 Å². The molecule has 7 N–H and O–H groups in total. The van der Waals surface area contributed by atoms with Crippen LogP contribution in [0.15, 0.2) is 41.4 Å². The number of primary amides is 1. The summed E-state index contributed by atoms with van der Waals surface area (Å²) < 4.78 is 53.4. The Morgan fingerprint density at radius 2 is 1.87 bits per heavy atom. The fraction of sp³-hybridized carbons (Fsp3) is 0.300. The summed E-state index contributed by atoms with van der Waals surface area (Å²) in [5.41, 5.74) is 12.9. The number of amides is 1. The van der Waals surface area contributed by atoms with E-state index < -0.39 is 29.5 Å². The zero-order valence-electron chi connectivity index (χ0n) is 16.4.